The fraction of sp³-hybridized carbons (Fsp3) is 0.0833. The van der Waals surface area contributed by atoms with Crippen LogP contribution < -0.4 is 5.32 Å². The Bertz CT molecular complexity index is 722. The summed E-state index contributed by atoms with van der Waals surface area (Å²) in [5.41, 5.74) is 1.23. The first-order valence-electron chi connectivity index (χ1n) is 5.55. The van der Waals surface area contributed by atoms with Crippen LogP contribution in [0.4, 0.5) is 4.79 Å². The number of carbonyl (C=O) groups excluding carboxylic acids is 1. The summed E-state index contributed by atoms with van der Waals surface area (Å²) in [5, 5.41) is 13.1. The van der Waals surface area contributed by atoms with Crippen molar-refractivity contribution in [3.8, 4) is 0 Å². The van der Waals surface area contributed by atoms with Crippen molar-refractivity contribution in [1.29, 1.82) is 0 Å². The summed E-state index contributed by atoms with van der Waals surface area (Å²) in [6.45, 7) is 0.471. The minimum Gasteiger partial charge on any atom is -0.331 e. The molecule has 2 heterocycles. The lowest BCUT2D eigenvalue weighted by molar-refractivity contribution is 0.239. The number of carbonyl (C=O) groups is 1. The number of thiophene rings is 1. The molecule has 3 rings (SSSR count). The van der Waals surface area contributed by atoms with Gasteiger partial charge >= 0.3 is 6.03 Å². The fourth-order valence-corrected chi connectivity index (χ4v) is 2.50. The van der Waals surface area contributed by atoms with Crippen LogP contribution in [0.15, 0.2) is 35.7 Å². The van der Waals surface area contributed by atoms with Crippen LogP contribution in [0, 0.1) is 0 Å². The molecule has 2 aromatic heterocycles. The Morgan fingerprint density at radius 1 is 1.42 bits per heavy atom. The second kappa shape index (κ2) is 4.99. The molecule has 19 heavy (non-hydrogen) atoms. The van der Waals surface area contributed by atoms with E-state index in [0.29, 0.717) is 22.6 Å². The van der Waals surface area contributed by atoms with Crippen molar-refractivity contribution in [2.75, 3.05) is 0 Å². The average molecular weight is 293 g/mol. The number of aromatic nitrogens is 3. The van der Waals surface area contributed by atoms with Crippen LogP contribution in [-0.2, 0) is 6.54 Å². The number of fused-ring (bicyclic) bond motifs is 1. The van der Waals surface area contributed by atoms with Crippen molar-refractivity contribution in [3.63, 3.8) is 0 Å². The van der Waals surface area contributed by atoms with Gasteiger partial charge in [-0.2, -0.15) is 4.68 Å². The highest BCUT2D eigenvalue weighted by Crippen LogP contribution is 2.17. The molecule has 0 saturated heterocycles. The molecule has 0 spiro atoms. The van der Waals surface area contributed by atoms with Gasteiger partial charge < -0.3 is 5.32 Å². The molecule has 1 amide bonds. The molecule has 5 nitrogen and oxygen atoms in total. The predicted octanol–water partition coefficient (Wildman–Crippen LogP) is 2.90. The summed E-state index contributed by atoms with van der Waals surface area (Å²) in [6, 6.07) is 8.69. The second-order valence-corrected chi connectivity index (χ2v) is 5.34. The molecule has 0 aliphatic heterocycles. The van der Waals surface area contributed by atoms with Gasteiger partial charge in [-0.05, 0) is 29.6 Å². The first-order chi connectivity index (χ1) is 9.24. The molecule has 96 valence electrons. The van der Waals surface area contributed by atoms with E-state index < -0.39 is 0 Å². The molecule has 0 fully saturated rings. The van der Waals surface area contributed by atoms with Crippen molar-refractivity contribution in [3.05, 3.63) is 45.6 Å². The molecule has 0 aliphatic carbocycles. The molecule has 0 bridgehead atoms. The van der Waals surface area contributed by atoms with Gasteiger partial charge in [-0.15, -0.1) is 16.4 Å². The molecule has 0 saturated carbocycles. The van der Waals surface area contributed by atoms with Gasteiger partial charge in [0.2, 0.25) is 0 Å². The van der Waals surface area contributed by atoms with E-state index in [1.165, 1.54) is 4.68 Å². The van der Waals surface area contributed by atoms with Gasteiger partial charge in [0.1, 0.15) is 11.0 Å². The number of hydrogen-bond donors (Lipinski definition) is 1. The van der Waals surface area contributed by atoms with E-state index in [-0.39, 0.29) is 6.03 Å². The maximum atomic E-state index is 12.0. The van der Waals surface area contributed by atoms with Gasteiger partial charge in [0.25, 0.3) is 0 Å². The van der Waals surface area contributed by atoms with E-state index in [1.54, 1.807) is 29.5 Å². The fourth-order valence-electron chi connectivity index (χ4n) is 1.69. The molecule has 0 unspecified atom stereocenters. The van der Waals surface area contributed by atoms with Crippen LogP contribution in [0.3, 0.4) is 0 Å². The topological polar surface area (TPSA) is 59.8 Å². The summed E-state index contributed by atoms with van der Waals surface area (Å²) < 4.78 is 1.22. The Kier molecular flexibility index (Phi) is 3.18. The SMILES string of the molecule is O=C(NCc1cccs1)n1nnc2ccc(Cl)cc21. The Morgan fingerprint density at radius 3 is 3.11 bits per heavy atom. The van der Waals surface area contributed by atoms with E-state index in [9.17, 15) is 4.79 Å². The number of nitrogens with zero attached hydrogens (tertiary/aromatic N) is 3. The lowest BCUT2D eigenvalue weighted by atomic mass is 10.3. The maximum Gasteiger partial charge on any atom is 0.344 e. The lowest BCUT2D eigenvalue weighted by Crippen LogP contribution is -2.28. The Morgan fingerprint density at radius 2 is 2.32 bits per heavy atom. The normalized spacial score (nSPS) is 10.8. The number of hydrogen-bond acceptors (Lipinski definition) is 4. The molecular weight excluding hydrogens is 284 g/mol. The summed E-state index contributed by atoms with van der Waals surface area (Å²) >= 11 is 7.50. The van der Waals surface area contributed by atoms with E-state index in [2.05, 4.69) is 15.6 Å². The van der Waals surface area contributed by atoms with Crippen molar-refractivity contribution < 1.29 is 4.79 Å². The Labute approximate surface area is 117 Å². The van der Waals surface area contributed by atoms with Crippen LogP contribution in [0.1, 0.15) is 4.88 Å². The van der Waals surface area contributed by atoms with Gasteiger partial charge in [-0.25, -0.2) is 4.79 Å². The third kappa shape index (κ3) is 2.45. The third-order valence-electron chi connectivity index (χ3n) is 2.59. The van der Waals surface area contributed by atoms with Gasteiger partial charge in [0.15, 0.2) is 0 Å². The summed E-state index contributed by atoms with van der Waals surface area (Å²) in [5.74, 6) is 0. The highest BCUT2D eigenvalue weighted by molar-refractivity contribution is 7.09. The number of rotatable bonds is 2. The Hall–Kier alpha value is -1.92. The van der Waals surface area contributed by atoms with E-state index in [4.69, 9.17) is 11.6 Å². The zero-order valence-electron chi connectivity index (χ0n) is 9.71. The zero-order valence-corrected chi connectivity index (χ0v) is 11.3. The summed E-state index contributed by atoms with van der Waals surface area (Å²) in [7, 11) is 0. The van der Waals surface area contributed by atoms with E-state index >= 15 is 0 Å². The highest BCUT2D eigenvalue weighted by Gasteiger charge is 2.11. The predicted molar refractivity (Wildman–Crippen MR) is 74.5 cm³/mol. The van der Waals surface area contributed by atoms with Crippen LogP contribution >= 0.6 is 22.9 Å². The summed E-state index contributed by atoms with van der Waals surface area (Å²) in [4.78, 5) is 13.1. The van der Waals surface area contributed by atoms with E-state index in [1.807, 2.05) is 17.5 Å². The maximum absolute atomic E-state index is 12.0. The third-order valence-corrected chi connectivity index (χ3v) is 3.71. The van der Waals surface area contributed by atoms with Gasteiger partial charge in [0, 0.05) is 9.90 Å². The largest absolute Gasteiger partial charge is 0.344 e. The molecule has 7 heteroatoms. The quantitative estimate of drug-likeness (QED) is 0.790. The monoisotopic (exact) mass is 292 g/mol. The van der Waals surface area contributed by atoms with Crippen LogP contribution in [-0.4, -0.2) is 21.0 Å². The van der Waals surface area contributed by atoms with Crippen molar-refractivity contribution >= 4 is 40.0 Å². The van der Waals surface area contributed by atoms with Crippen molar-refractivity contribution in [2.45, 2.75) is 6.54 Å². The average Bonchev–Trinajstić information content (AvgIpc) is 3.04. The number of halogens is 1. The van der Waals surface area contributed by atoms with E-state index in [0.717, 1.165) is 4.88 Å². The van der Waals surface area contributed by atoms with Crippen LogP contribution in [0.2, 0.25) is 5.02 Å². The molecule has 0 atom stereocenters. The molecule has 1 N–H and O–H groups in total. The molecule has 1 aromatic carbocycles. The number of amides is 1. The first-order valence-corrected chi connectivity index (χ1v) is 6.81. The minimum absolute atomic E-state index is 0.321. The number of nitrogens with one attached hydrogen (secondary N) is 1. The van der Waals surface area contributed by atoms with Crippen molar-refractivity contribution in [2.24, 2.45) is 0 Å². The minimum atomic E-state index is -0.321. The van der Waals surface area contributed by atoms with Gasteiger partial charge in [-0.1, -0.05) is 22.9 Å². The molecule has 0 radical (unpaired) electrons. The summed E-state index contributed by atoms with van der Waals surface area (Å²) in [6.07, 6.45) is 0. The van der Waals surface area contributed by atoms with Gasteiger partial charge in [0.05, 0.1) is 6.54 Å². The number of benzene rings is 1. The van der Waals surface area contributed by atoms with Crippen molar-refractivity contribution in [1.82, 2.24) is 20.3 Å². The molecule has 3 aromatic rings. The molecular formula is C12H9ClN4OS. The Balaban J connectivity index is 1.83. The molecule has 0 aliphatic rings. The van der Waals surface area contributed by atoms with Crippen LogP contribution in [0.25, 0.3) is 11.0 Å². The lowest BCUT2D eigenvalue weighted by Gasteiger charge is -2.03. The smallest absolute Gasteiger partial charge is 0.331 e. The standard InChI is InChI=1S/C12H9ClN4OS/c13-8-3-4-10-11(6-8)17(16-15-10)12(18)14-7-9-2-1-5-19-9/h1-6H,7H2,(H,14,18). The van der Waals surface area contributed by atoms with Crippen LogP contribution in [0.5, 0.6) is 0 Å². The van der Waals surface area contributed by atoms with Gasteiger partial charge in [-0.3, -0.25) is 0 Å². The second-order valence-electron chi connectivity index (χ2n) is 3.87. The zero-order chi connectivity index (χ0) is 13.2. The first kappa shape index (κ1) is 12.1. The highest BCUT2D eigenvalue weighted by atomic mass is 35.5.